The van der Waals surface area contributed by atoms with Crippen molar-refractivity contribution < 1.29 is 23.6 Å². The van der Waals surface area contributed by atoms with Gasteiger partial charge in [0.15, 0.2) is 5.71 Å². The van der Waals surface area contributed by atoms with E-state index in [0.29, 0.717) is 22.4 Å². The third-order valence-corrected chi connectivity index (χ3v) is 4.08. The van der Waals surface area contributed by atoms with E-state index in [0.717, 1.165) is 11.1 Å². The predicted octanol–water partition coefficient (Wildman–Crippen LogP) is 3.93. The van der Waals surface area contributed by atoms with E-state index in [9.17, 15) is 9.18 Å². The van der Waals surface area contributed by atoms with E-state index in [1.807, 2.05) is 38.1 Å². The van der Waals surface area contributed by atoms with Gasteiger partial charge in [-0.05, 0) is 25.0 Å². The van der Waals surface area contributed by atoms with Crippen molar-refractivity contribution in [3.63, 3.8) is 0 Å². The van der Waals surface area contributed by atoms with Gasteiger partial charge in [0.25, 0.3) is 0 Å². The van der Waals surface area contributed by atoms with E-state index in [-0.39, 0.29) is 12.3 Å². The van der Waals surface area contributed by atoms with Gasteiger partial charge in [0.1, 0.15) is 20.4 Å². The Labute approximate surface area is 163 Å². The maximum atomic E-state index is 13.5. The molecule has 0 amide bonds. The summed E-state index contributed by atoms with van der Waals surface area (Å²) in [6.45, 7) is 3.04. The molecule has 0 saturated carbocycles. The van der Waals surface area contributed by atoms with Crippen molar-refractivity contribution in [1.29, 1.82) is 0 Å². The summed E-state index contributed by atoms with van der Waals surface area (Å²) in [7, 11) is 2.55. The number of oxime groups is 2. The first-order valence-corrected chi connectivity index (χ1v) is 8.62. The minimum atomic E-state index is -0.728. The highest BCUT2D eigenvalue weighted by atomic mass is 19.1. The zero-order valence-corrected chi connectivity index (χ0v) is 16.4. The SMILES string of the molecule is CO/N=C(/C(=O)OC)c1cccc(CF)c1CO/N=C(\C)c1cccc(C)c1. The van der Waals surface area contributed by atoms with Gasteiger partial charge >= 0.3 is 5.97 Å². The van der Waals surface area contributed by atoms with Gasteiger partial charge in [0.05, 0.1) is 12.8 Å². The molecule has 2 aromatic carbocycles. The Bertz CT molecular complexity index is 894. The molecule has 0 N–H and O–H groups in total. The summed E-state index contributed by atoms with van der Waals surface area (Å²) >= 11 is 0. The quantitative estimate of drug-likeness (QED) is 0.392. The van der Waals surface area contributed by atoms with Crippen LogP contribution in [-0.4, -0.2) is 31.6 Å². The third-order valence-electron chi connectivity index (χ3n) is 4.08. The van der Waals surface area contributed by atoms with Crippen molar-refractivity contribution >= 4 is 17.4 Å². The lowest BCUT2D eigenvalue weighted by Gasteiger charge is -2.13. The van der Waals surface area contributed by atoms with E-state index < -0.39 is 12.6 Å². The van der Waals surface area contributed by atoms with Crippen molar-refractivity contribution in [2.45, 2.75) is 27.1 Å². The van der Waals surface area contributed by atoms with Crippen molar-refractivity contribution in [3.8, 4) is 0 Å². The average Bonchev–Trinajstić information content (AvgIpc) is 2.71. The van der Waals surface area contributed by atoms with Gasteiger partial charge in [-0.3, -0.25) is 0 Å². The van der Waals surface area contributed by atoms with Crippen LogP contribution >= 0.6 is 0 Å². The molecule has 2 rings (SSSR count). The van der Waals surface area contributed by atoms with Crippen LogP contribution in [0, 0.1) is 6.92 Å². The van der Waals surface area contributed by atoms with Gasteiger partial charge in [-0.25, -0.2) is 9.18 Å². The van der Waals surface area contributed by atoms with Gasteiger partial charge in [0, 0.05) is 11.1 Å². The first kappa shape index (κ1) is 21.1. The van der Waals surface area contributed by atoms with E-state index in [1.54, 1.807) is 18.2 Å². The van der Waals surface area contributed by atoms with Crippen LogP contribution in [0.5, 0.6) is 0 Å². The molecule has 7 heteroatoms. The number of aryl methyl sites for hydroxylation is 1. The average molecular weight is 386 g/mol. The number of carbonyl (C=O) groups is 1. The van der Waals surface area contributed by atoms with Crippen molar-refractivity contribution in [1.82, 2.24) is 0 Å². The molecule has 0 spiro atoms. The van der Waals surface area contributed by atoms with Crippen LogP contribution in [0.15, 0.2) is 52.8 Å². The van der Waals surface area contributed by atoms with Gasteiger partial charge < -0.3 is 14.4 Å². The summed E-state index contributed by atoms with van der Waals surface area (Å²) < 4.78 is 18.3. The van der Waals surface area contributed by atoms with Crippen LogP contribution in [0.4, 0.5) is 4.39 Å². The number of rotatable bonds is 8. The van der Waals surface area contributed by atoms with Gasteiger partial charge in [-0.15, -0.1) is 0 Å². The molecular formula is C21H23FN2O4. The number of alkyl halides is 1. The summed E-state index contributed by atoms with van der Waals surface area (Å²) in [5.74, 6) is -0.696. The molecule has 0 radical (unpaired) electrons. The van der Waals surface area contributed by atoms with Crippen LogP contribution in [0.3, 0.4) is 0 Å². The molecule has 0 fully saturated rings. The molecule has 0 atom stereocenters. The lowest BCUT2D eigenvalue weighted by Crippen LogP contribution is -2.20. The summed E-state index contributed by atoms with van der Waals surface area (Å²) in [5.41, 5.74) is 3.83. The molecular weight excluding hydrogens is 363 g/mol. The number of methoxy groups -OCH3 is 1. The van der Waals surface area contributed by atoms with Crippen molar-refractivity contribution in [2.75, 3.05) is 14.2 Å². The number of ether oxygens (including phenoxy) is 1. The maximum Gasteiger partial charge on any atom is 0.360 e. The minimum Gasteiger partial charge on any atom is -0.464 e. The third kappa shape index (κ3) is 5.16. The topological polar surface area (TPSA) is 69.5 Å². The van der Waals surface area contributed by atoms with Gasteiger partial charge in [0.2, 0.25) is 0 Å². The second-order valence-corrected chi connectivity index (χ2v) is 6.01. The highest BCUT2D eigenvalue weighted by molar-refractivity contribution is 6.43. The normalized spacial score (nSPS) is 11.9. The lowest BCUT2D eigenvalue weighted by atomic mass is 9.98. The molecule has 0 saturated heterocycles. The summed E-state index contributed by atoms with van der Waals surface area (Å²) in [6.07, 6.45) is 0. The monoisotopic (exact) mass is 386 g/mol. The van der Waals surface area contributed by atoms with Gasteiger partial charge in [-0.2, -0.15) is 0 Å². The smallest absolute Gasteiger partial charge is 0.360 e. The number of halogens is 1. The second kappa shape index (κ2) is 10.2. The van der Waals surface area contributed by atoms with Crippen LogP contribution in [0.1, 0.15) is 34.7 Å². The number of esters is 1. The Kier molecular flexibility index (Phi) is 7.68. The molecule has 0 unspecified atom stereocenters. The number of hydrogen-bond acceptors (Lipinski definition) is 6. The summed E-state index contributed by atoms with van der Waals surface area (Å²) in [4.78, 5) is 22.3. The Hall–Kier alpha value is -3.22. The van der Waals surface area contributed by atoms with Crippen LogP contribution in [-0.2, 0) is 32.5 Å². The predicted molar refractivity (Wildman–Crippen MR) is 105 cm³/mol. The molecule has 0 aliphatic heterocycles. The molecule has 0 bridgehead atoms. The molecule has 28 heavy (non-hydrogen) atoms. The fourth-order valence-corrected chi connectivity index (χ4v) is 2.65. The van der Waals surface area contributed by atoms with E-state index in [1.165, 1.54) is 14.2 Å². The highest BCUT2D eigenvalue weighted by Gasteiger charge is 2.21. The largest absolute Gasteiger partial charge is 0.464 e. The maximum absolute atomic E-state index is 13.5. The fourth-order valence-electron chi connectivity index (χ4n) is 2.65. The first-order chi connectivity index (χ1) is 13.5. The molecule has 2 aromatic rings. The molecule has 0 aromatic heterocycles. The molecule has 6 nitrogen and oxygen atoms in total. The van der Waals surface area contributed by atoms with Crippen LogP contribution in [0.25, 0.3) is 0 Å². The van der Waals surface area contributed by atoms with E-state index in [2.05, 4.69) is 10.3 Å². The molecule has 148 valence electrons. The Morgan fingerprint density at radius 1 is 1.11 bits per heavy atom. The highest BCUT2D eigenvalue weighted by Crippen LogP contribution is 2.20. The number of hydrogen-bond donors (Lipinski definition) is 0. The Morgan fingerprint density at radius 3 is 2.50 bits per heavy atom. The Balaban J connectivity index is 2.33. The van der Waals surface area contributed by atoms with Crippen molar-refractivity contribution in [2.24, 2.45) is 10.3 Å². The number of benzene rings is 2. The van der Waals surface area contributed by atoms with Crippen LogP contribution in [0.2, 0.25) is 0 Å². The summed E-state index contributed by atoms with van der Waals surface area (Å²) in [5, 5.41) is 7.85. The summed E-state index contributed by atoms with van der Waals surface area (Å²) in [6, 6.07) is 12.7. The first-order valence-electron chi connectivity index (χ1n) is 8.62. The lowest BCUT2D eigenvalue weighted by molar-refractivity contribution is -0.132. The zero-order valence-electron chi connectivity index (χ0n) is 16.4. The molecule has 0 aliphatic rings. The molecule has 0 heterocycles. The number of carbonyl (C=O) groups excluding carboxylic acids is 1. The molecule has 0 aliphatic carbocycles. The fraction of sp³-hybridized carbons (Fsp3) is 0.286. The number of nitrogens with zero attached hydrogens (tertiary/aromatic N) is 2. The van der Waals surface area contributed by atoms with E-state index >= 15 is 0 Å². The Morgan fingerprint density at radius 2 is 1.86 bits per heavy atom. The van der Waals surface area contributed by atoms with E-state index in [4.69, 9.17) is 14.4 Å². The standard InChI is InChI=1S/C21H23FN2O4/c1-14-7-5-8-16(11-14)15(2)23-28-13-19-17(12-22)9-6-10-18(19)20(24-27-4)21(25)26-3/h5-11H,12-13H2,1-4H3/b23-15+,24-20+. The minimum absolute atomic E-state index is 0.0433. The van der Waals surface area contributed by atoms with Gasteiger partial charge in [-0.1, -0.05) is 58.3 Å². The van der Waals surface area contributed by atoms with Crippen molar-refractivity contribution in [3.05, 3.63) is 70.3 Å². The van der Waals surface area contributed by atoms with Crippen LogP contribution < -0.4 is 0 Å². The zero-order chi connectivity index (χ0) is 20.5. The second-order valence-electron chi connectivity index (χ2n) is 6.01.